The molecule has 1 aromatic rings. The van der Waals surface area contributed by atoms with Crippen LogP contribution in [0.1, 0.15) is 17.6 Å². The average molecular weight is 217 g/mol. The lowest BCUT2D eigenvalue weighted by atomic mass is 10.1. The second kappa shape index (κ2) is 4.38. The molecule has 5 heteroatoms. The molecule has 14 heavy (non-hydrogen) atoms. The summed E-state index contributed by atoms with van der Waals surface area (Å²) in [7, 11) is 0. The van der Waals surface area contributed by atoms with Gasteiger partial charge in [-0.25, -0.2) is 13.2 Å². The number of nitriles is 1. The number of halogens is 3. The Morgan fingerprint density at radius 3 is 2.50 bits per heavy atom. The Balaban J connectivity index is 3.45. The Labute approximate surface area is 83.5 Å². The van der Waals surface area contributed by atoms with Gasteiger partial charge in [-0.3, -0.25) is 0 Å². The van der Waals surface area contributed by atoms with Gasteiger partial charge in [-0.2, -0.15) is 5.26 Å². The van der Waals surface area contributed by atoms with Crippen molar-refractivity contribution in [3.05, 3.63) is 29.1 Å². The Kier molecular flexibility index (Phi) is 3.42. The van der Waals surface area contributed by atoms with Gasteiger partial charge in [-0.15, -0.1) is 11.8 Å². The Morgan fingerprint density at radius 1 is 1.43 bits per heavy atom. The molecule has 1 rings (SSSR count). The van der Waals surface area contributed by atoms with E-state index in [2.05, 4.69) is 0 Å². The summed E-state index contributed by atoms with van der Waals surface area (Å²) in [5.41, 5.74) is -1.08. The van der Waals surface area contributed by atoms with Crippen molar-refractivity contribution in [3.8, 4) is 6.07 Å². The van der Waals surface area contributed by atoms with E-state index in [9.17, 15) is 13.2 Å². The smallest absolute Gasteiger partial charge is 0.206 e. The van der Waals surface area contributed by atoms with Gasteiger partial charge in [0.25, 0.3) is 6.43 Å². The SMILES string of the molecule is CSc1ccc(F)c(C(F)F)c1C#N. The fourth-order valence-corrected chi connectivity index (χ4v) is 1.64. The molecule has 0 amide bonds. The second-order valence-corrected chi connectivity index (χ2v) is 3.30. The van der Waals surface area contributed by atoms with E-state index >= 15 is 0 Å². The fourth-order valence-electron chi connectivity index (χ4n) is 1.07. The highest BCUT2D eigenvalue weighted by Crippen LogP contribution is 2.31. The van der Waals surface area contributed by atoms with Gasteiger partial charge in [0.15, 0.2) is 0 Å². The number of rotatable bonds is 2. The number of thioether (sulfide) groups is 1. The minimum atomic E-state index is -2.96. The molecule has 0 radical (unpaired) electrons. The van der Waals surface area contributed by atoms with Crippen LogP contribution in [0.5, 0.6) is 0 Å². The van der Waals surface area contributed by atoms with Crippen LogP contribution in [-0.4, -0.2) is 6.26 Å². The van der Waals surface area contributed by atoms with E-state index in [1.54, 1.807) is 12.3 Å². The van der Waals surface area contributed by atoms with E-state index in [1.807, 2.05) is 0 Å². The molecule has 0 fully saturated rings. The molecule has 0 saturated carbocycles. The largest absolute Gasteiger partial charge is 0.267 e. The van der Waals surface area contributed by atoms with E-state index in [0.717, 1.165) is 17.8 Å². The van der Waals surface area contributed by atoms with Crippen LogP contribution in [0, 0.1) is 17.1 Å². The van der Waals surface area contributed by atoms with E-state index in [4.69, 9.17) is 5.26 Å². The lowest BCUT2D eigenvalue weighted by Gasteiger charge is -2.07. The van der Waals surface area contributed by atoms with Crippen molar-refractivity contribution in [2.24, 2.45) is 0 Å². The third-order valence-corrected chi connectivity index (χ3v) is 2.48. The molecular formula is C9H6F3NS. The molecule has 0 aromatic heterocycles. The van der Waals surface area contributed by atoms with Crippen molar-refractivity contribution in [2.75, 3.05) is 6.26 Å². The molecule has 1 aromatic carbocycles. The first kappa shape index (κ1) is 10.9. The van der Waals surface area contributed by atoms with Crippen molar-refractivity contribution < 1.29 is 13.2 Å². The number of alkyl halides is 2. The van der Waals surface area contributed by atoms with Crippen LogP contribution in [0.2, 0.25) is 0 Å². The van der Waals surface area contributed by atoms with Crippen molar-refractivity contribution >= 4 is 11.8 Å². The van der Waals surface area contributed by atoms with Crippen LogP contribution in [-0.2, 0) is 0 Å². The standard InChI is InChI=1S/C9H6F3NS/c1-14-7-3-2-6(10)8(9(11)12)5(7)4-13/h2-3,9H,1H3. The summed E-state index contributed by atoms with van der Waals surface area (Å²) in [4.78, 5) is 0.365. The van der Waals surface area contributed by atoms with E-state index < -0.39 is 17.8 Å². The van der Waals surface area contributed by atoms with Gasteiger partial charge in [0.1, 0.15) is 11.9 Å². The normalized spacial score (nSPS) is 10.3. The molecule has 1 nitrogen and oxygen atoms in total. The summed E-state index contributed by atoms with van der Waals surface area (Å²) >= 11 is 1.14. The first-order valence-corrected chi connectivity index (χ1v) is 4.89. The molecule has 0 aliphatic carbocycles. The quantitative estimate of drug-likeness (QED) is 0.709. The molecule has 0 N–H and O–H groups in total. The maximum atomic E-state index is 13.0. The second-order valence-electron chi connectivity index (χ2n) is 2.45. The number of benzene rings is 1. The minimum absolute atomic E-state index is 0.271. The summed E-state index contributed by atoms with van der Waals surface area (Å²) in [6.07, 6.45) is -1.32. The predicted octanol–water partition coefficient (Wildman–Crippen LogP) is 3.36. The van der Waals surface area contributed by atoms with Crippen molar-refractivity contribution in [3.63, 3.8) is 0 Å². The van der Waals surface area contributed by atoms with Crippen molar-refractivity contribution in [1.82, 2.24) is 0 Å². The lowest BCUT2D eigenvalue weighted by molar-refractivity contribution is 0.145. The lowest BCUT2D eigenvalue weighted by Crippen LogP contribution is -1.97. The zero-order valence-corrected chi connectivity index (χ0v) is 8.04. The number of nitrogens with zero attached hydrogens (tertiary/aromatic N) is 1. The minimum Gasteiger partial charge on any atom is -0.206 e. The van der Waals surface area contributed by atoms with Crippen molar-refractivity contribution in [1.29, 1.82) is 5.26 Å². The van der Waals surface area contributed by atoms with Gasteiger partial charge < -0.3 is 0 Å². The van der Waals surface area contributed by atoms with E-state index in [1.165, 1.54) is 6.07 Å². The molecule has 0 bridgehead atoms. The van der Waals surface area contributed by atoms with E-state index in [-0.39, 0.29) is 5.56 Å². The van der Waals surface area contributed by atoms with Crippen LogP contribution in [0.15, 0.2) is 17.0 Å². The van der Waals surface area contributed by atoms with Crippen LogP contribution in [0.25, 0.3) is 0 Å². The van der Waals surface area contributed by atoms with Crippen LogP contribution in [0.3, 0.4) is 0 Å². The summed E-state index contributed by atoms with van der Waals surface area (Å²) in [6, 6.07) is 3.87. The van der Waals surface area contributed by atoms with Gasteiger partial charge in [0.2, 0.25) is 0 Å². The number of hydrogen-bond acceptors (Lipinski definition) is 2. The molecule has 0 aliphatic heterocycles. The molecule has 0 saturated heterocycles. The summed E-state index contributed by atoms with van der Waals surface area (Å²) in [6.45, 7) is 0. The highest BCUT2D eigenvalue weighted by atomic mass is 32.2. The third kappa shape index (κ3) is 1.85. The first-order chi connectivity index (χ1) is 6.61. The van der Waals surface area contributed by atoms with Gasteiger partial charge in [0, 0.05) is 4.90 Å². The Hall–Kier alpha value is -1.15. The molecule has 0 spiro atoms. The molecular weight excluding hydrogens is 211 g/mol. The maximum absolute atomic E-state index is 13.0. The highest BCUT2D eigenvalue weighted by molar-refractivity contribution is 7.98. The van der Waals surface area contributed by atoms with Gasteiger partial charge in [-0.05, 0) is 18.4 Å². The number of hydrogen-bond donors (Lipinski definition) is 0. The molecule has 0 unspecified atom stereocenters. The monoisotopic (exact) mass is 217 g/mol. The fraction of sp³-hybridized carbons (Fsp3) is 0.222. The first-order valence-electron chi connectivity index (χ1n) is 3.66. The van der Waals surface area contributed by atoms with E-state index in [0.29, 0.717) is 4.90 Å². The van der Waals surface area contributed by atoms with Crippen LogP contribution >= 0.6 is 11.8 Å². The summed E-state index contributed by atoms with van der Waals surface area (Å²) in [5, 5.41) is 8.64. The van der Waals surface area contributed by atoms with Gasteiger partial charge in [0.05, 0.1) is 11.1 Å². The third-order valence-electron chi connectivity index (χ3n) is 1.70. The molecule has 74 valence electrons. The van der Waals surface area contributed by atoms with Gasteiger partial charge in [-0.1, -0.05) is 0 Å². The highest BCUT2D eigenvalue weighted by Gasteiger charge is 2.20. The van der Waals surface area contributed by atoms with Crippen LogP contribution < -0.4 is 0 Å². The summed E-state index contributed by atoms with van der Waals surface area (Å²) in [5.74, 6) is -1.03. The zero-order valence-electron chi connectivity index (χ0n) is 7.22. The topological polar surface area (TPSA) is 23.8 Å². The van der Waals surface area contributed by atoms with Crippen LogP contribution in [0.4, 0.5) is 13.2 Å². The van der Waals surface area contributed by atoms with Gasteiger partial charge >= 0.3 is 0 Å². The maximum Gasteiger partial charge on any atom is 0.267 e. The zero-order chi connectivity index (χ0) is 10.7. The summed E-state index contributed by atoms with van der Waals surface area (Å²) < 4.78 is 37.7. The molecule has 0 atom stereocenters. The Bertz CT molecular complexity index is 384. The molecule has 0 heterocycles. The average Bonchev–Trinajstić information content (AvgIpc) is 2.16. The van der Waals surface area contributed by atoms with Crippen molar-refractivity contribution in [2.45, 2.75) is 11.3 Å². The Morgan fingerprint density at radius 2 is 2.07 bits per heavy atom. The predicted molar refractivity (Wildman–Crippen MR) is 47.9 cm³/mol. The molecule has 0 aliphatic rings.